The summed E-state index contributed by atoms with van der Waals surface area (Å²) in [6.45, 7) is 1.85. The van der Waals surface area contributed by atoms with Crippen molar-refractivity contribution in [3.63, 3.8) is 0 Å². The minimum absolute atomic E-state index is 0.169. The number of halogens is 1. The number of hydrogen-bond donors (Lipinski definition) is 2. The second-order valence-corrected chi connectivity index (χ2v) is 12.2. The van der Waals surface area contributed by atoms with Gasteiger partial charge in [0.05, 0.1) is 29.5 Å². The Morgan fingerprint density at radius 1 is 1.24 bits per heavy atom. The molecule has 4 heterocycles. The summed E-state index contributed by atoms with van der Waals surface area (Å²) in [5.41, 5.74) is 3.05. The highest BCUT2D eigenvalue weighted by Crippen LogP contribution is 2.54. The quantitative estimate of drug-likeness (QED) is 0.496. The first-order valence-electron chi connectivity index (χ1n) is 12.7. The Kier molecular flexibility index (Phi) is 6.34. The fourth-order valence-corrected chi connectivity index (χ4v) is 7.79. The number of ether oxygens (including phenoxy) is 1. The van der Waals surface area contributed by atoms with Gasteiger partial charge in [-0.3, -0.25) is 5.10 Å². The van der Waals surface area contributed by atoms with E-state index >= 15 is 0 Å². The predicted octanol–water partition coefficient (Wildman–Crippen LogP) is 2.77. The van der Waals surface area contributed by atoms with Crippen LogP contribution in [-0.2, 0) is 14.8 Å². The zero-order chi connectivity index (χ0) is 26.5. The molecule has 0 radical (unpaired) electrons. The van der Waals surface area contributed by atoms with E-state index in [0.717, 1.165) is 22.4 Å². The SMILES string of the molecule is COC[C@@]12CN(S(=O)(=O)c3ccnc(N4CC[C@H](O)C4)c3)CCC1=Cc1[nH]ncc1C2c1ccc(F)cc1. The lowest BCUT2D eigenvalue weighted by Crippen LogP contribution is -2.53. The lowest BCUT2D eigenvalue weighted by molar-refractivity contribution is 0.0614. The number of β-amino-alcohol motifs (C(OH)–C–C–N with tert-alkyl or cyclic N) is 1. The molecular weight excluding hydrogens is 509 g/mol. The third kappa shape index (κ3) is 4.14. The number of anilines is 1. The molecule has 0 spiro atoms. The van der Waals surface area contributed by atoms with Crippen molar-refractivity contribution < 1.29 is 22.7 Å². The maximum Gasteiger partial charge on any atom is 0.243 e. The van der Waals surface area contributed by atoms with Gasteiger partial charge in [-0.15, -0.1) is 0 Å². The number of hydrogen-bond acceptors (Lipinski definition) is 7. The average molecular weight is 540 g/mol. The molecule has 11 heteroatoms. The van der Waals surface area contributed by atoms with Crippen LogP contribution < -0.4 is 4.90 Å². The largest absolute Gasteiger partial charge is 0.391 e. The molecule has 1 unspecified atom stereocenters. The number of nitrogens with zero attached hydrogens (tertiary/aromatic N) is 4. The molecule has 2 saturated heterocycles. The van der Waals surface area contributed by atoms with Gasteiger partial charge < -0.3 is 14.7 Å². The monoisotopic (exact) mass is 539 g/mol. The topological polar surface area (TPSA) is 112 Å². The van der Waals surface area contributed by atoms with Gasteiger partial charge in [0.1, 0.15) is 11.6 Å². The molecule has 1 aliphatic carbocycles. The number of fused-ring (bicyclic) bond motifs is 2. The van der Waals surface area contributed by atoms with Gasteiger partial charge in [-0.05, 0) is 42.7 Å². The number of nitrogens with one attached hydrogen (secondary N) is 1. The lowest BCUT2D eigenvalue weighted by Gasteiger charge is -2.50. The highest BCUT2D eigenvalue weighted by molar-refractivity contribution is 7.89. The third-order valence-electron chi connectivity index (χ3n) is 8.06. The van der Waals surface area contributed by atoms with Crippen molar-refractivity contribution in [3.8, 4) is 0 Å². The van der Waals surface area contributed by atoms with Crippen LogP contribution >= 0.6 is 0 Å². The van der Waals surface area contributed by atoms with Crippen LogP contribution in [0.3, 0.4) is 0 Å². The molecule has 2 N–H and O–H groups in total. The van der Waals surface area contributed by atoms with Gasteiger partial charge >= 0.3 is 0 Å². The van der Waals surface area contributed by atoms with Crippen molar-refractivity contribution in [3.05, 3.63) is 77.0 Å². The number of aromatic nitrogens is 3. The van der Waals surface area contributed by atoms with Crippen LogP contribution in [0, 0.1) is 11.2 Å². The molecule has 3 aromatic rings. The smallest absolute Gasteiger partial charge is 0.243 e. The van der Waals surface area contributed by atoms with Crippen LogP contribution in [-0.4, -0.2) is 79.0 Å². The van der Waals surface area contributed by atoms with E-state index in [1.54, 1.807) is 31.5 Å². The standard InChI is InChI=1S/C27H30FN5O4S/c1-37-17-27-16-33(38(35,36)22-6-9-29-25(13-22)32-10-8-21(34)15-32)11-7-19(27)12-24-23(14-30-31-24)26(27)18-2-4-20(28)5-3-18/h2-6,9,12-14,21,26,34H,7-8,10-11,15-17H2,1H3,(H,30,31)/t21-,26?,27-/m0/s1. The zero-order valence-corrected chi connectivity index (χ0v) is 21.9. The summed E-state index contributed by atoms with van der Waals surface area (Å²) in [5.74, 6) is -0.0778. The van der Waals surface area contributed by atoms with Crippen LogP contribution in [0.2, 0.25) is 0 Å². The highest BCUT2D eigenvalue weighted by Gasteiger charge is 2.52. The van der Waals surface area contributed by atoms with E-state index in [1.807, 2.05) is 4.90 Å². The highest BCUT2D eigenvalue weighted by atomic mass is 32.2. The predicted molar refractivity (Wildman–Crippen MR) is 140 cm³/mol. The maximum atomic E-state index is 14.0. The molecule has 200 valence electrons. The number of benzene rings is 1. The molecule has 6 rings (SSSR count). The second-order valence-electron chi connectivity index (χ2n) is 10.3. The molecule has 3 atom stereocenters. The number of aliphatic hydroxyl groups is 1. The lowest BCUT2D eigenvalue weighted by atomic mass is 9.60. The first kappa shape index (κ1) is 25.2. The van der Waals surface area contributed by atoms with Crippen LogP contribution in [0.15, 0.2) is 59.3 Å². The van der Waals surface area contributed by atoms with E-state index in [4.69, 9.17) is 4.74 Å². The summed E-state index contributed by atoms with van der Waals surface area (Å²) in [5, 5.41) is 17.3. The van der Waals surface area contributed by atoms with Gasteiger partial charge in [-0.25, -0.2) is 17.8 Å². The normalized spacial score (nSPS) is 25.7. The van der Waals surface area contributed by atoms with Crippen LogP contribution in [0.5, 0.6) is 0 Å². The molecule has 3 aliphatic rings. The van der Waals surface area contributed by atoms with Crippen LogP contribution in [0.25, 0.3) is 6.08 Å². The number of aromatic amines is 1. The van der Waals surface area contributed by atoms with E-state index in [0.29, 0.717) is 38.3 Å². The first-order chi connectivity index (χ1) is 18.3. The number of rotatable bonds is 6. The maximum absolute atomic E-state index is 14.0. The molecule has 2 fully saturated rings. The Bertz CT molecular complexity index is 1470. The molecule has 9 nitrogen and oxygen atoms in total. The zero-order valence-electron chi connectivity index (χ0n) is 21.0. The first-order valence-corrected chi connectivity index (χ1v) is 14.1. The number of piperidine rings is 1. The number of methoxy groups -OCH3 is 1. The van der Waals surface area contributed by atoms with Gasteiger partial charge in [0, 0.05) is 62.4 Å². The molecule has 0 saturated carbocycles. The number of H-pyrrole nitrogens is 1. The Hall–Kier alpha value is -3.12. The van der Waals surface area contributed by atoms with Crippen molar-refractivity contribution in [1.82, 2.24) is 19.5 Å². The molecule has 1 aromatic carbocycles. The summed E-state index contributed by atoms with van der Waals surface area (Å²) in [7, 11) is -2.26. The van der Waals surface area contributed by atoms with Crippen molar-refractivity contribution in [2.24, 2.45) is 5.41 Å². The third-order valence-corrected chi connectivity index (χ3v) is 9.90. The number of pyridine rings is 1. The van der Waals surface area contributed by atoms with Crippen molar-refractivity contribution >= 4 is 21.9 Å². The Morgan fingerprint density at radius 3 is 2.79 bits per heavy atom. The summed E-state index contributed by atoms with van der Waals surface area (Å²) < 4.78 is 49.2. The number of sulfonamides is 1. The molecule has 0 bridgehead atoms. The van der Waals surface area contributed by atoms with E-state index < -0.39 is 21.5 Å². The van der Waals surface area contributed by atoms with Crippen molar-refractivity contribution in [1.29, 1.82) is 0 Å². The summed E-state index contributed by atoms with van der Waals surface area (Å²) in [4.78, 5) is 6.43. The summed E-state index contributed by atoms with van der Waals surface area (Å²) >= 11 is 0. The molecule has 38 heavy (non-hydrogen) atoms. The molecule has 2 aromatic heterocycles. The minimum atomic E-state index is -3.87. The van der Waals surface area contributed by atoms with Crippen LogP contribution in [0.4, 0.5) is 10.2 Å². The Morgan fingerprint density at radius 2 is 2.05 bits per heavy atom. The van der Waals surface area contributed by atoms with Gasteiger partial charge in [-0.1, -0.05) is 17.7 Å². The average Bonchev–Trinajstić information content (AvgIpc) is 3.56. The van der Waals surface area contributed by atoms with Crippen molar-refractivity contribution in [2.75, 3.05) is 44.8 Å². The van der Waals surface area contributed by atoms with Gasteiger partial charge in [0.15, 0.2) is 0 Å². The Labute approximate surface area is 221 Å². The van der Waals surface area contributed by atoms with Gasteiger partial charge in [0.2, 0.25) is 10.0 Å². The van der Waals surface area contributed by atoms with E-state index in [2.05, 4.69) is 21.3 Å². The van der Waals surface area contributed by atoms with Crippen molar-refractivity contribution in [2.45, 2.75) is 29.8 Å². The number of aliphatic hydroxyl groups excluding tert-OH is 1. The fraction of sp³-hybridized carbons (Fsp3) is 0.407. The molecule has 2 aliphatic heterocycles. The van der Waals surface area contributed by atoms with Gasteiger partial charge in [0.25, 0.3) is 0 Å². The Balaban J connectivity index is 1.40. The summed E-state index contributed by atoms with van der Waals surface area (Å²) in [6.07, 6.45) is 6.04. The second kappa shape index (κ2) is 9.57. The van der Waals surface area contributed by atoms with Crippen LogP contribution in [0.1, 0.15) is 35.6 Å². The minimum Gasteiger partial charge on any atom is -0.391 e. The van der Waals surface area contributed by atoms with E-state index in [1.165, 1.54) is 28.7 Å². The fourth-order valence-electron chi connectivity index (χ4n) is 6.28. The molecular formula is C27H30FN5O4S. The van der Waals surface area contributed by atoms with E-state index in [9.17, 15) is 17.9 Å². The van der Waals surface area contributed by atoms with E-state index in [-0.39, 0.29) is 29.8 Å². The molecule has 0 amide bonds. The van der Waals surface area contributed by atoms with Gasteiger partial charge in [-0.2, -0.15) is 9.40 Å². The summed E-state index contributed by atoms with van der Waals surface area (Å²) in [6, 6.07) is 9.48.